The molecule has 1 nitrogen and oxygen atoms in total. The molecule has 1 aromatic rings. The van der Waals surface area contributed by atoms with E-state index in [1.807, 2.05) is 6.92 Å². The van der Waals surface area contributed by atoms with Gasteiger partial charge in [-0.3, -0.25) is 0 Å². The van der Waals surface area contributed by atoms with E-state index in [1.165, 1.54) is 28.4 Å². The predicted octanol–water partition coefficient (Wildman–Crippen LogP) is 3.22. The third-order valence-electron chi connectivity index (χ3n) is 2.64. The number of benzene rings is 1. The van der Waals surface area contributed by atoms with Gasteiger partial charge in [0.25, 0.3) is 0 Å². The van der Waals surface area contributed by atoms with Gasteiger partial charge in [-0.2, -0.15) is 0 Å². The zero-order valence-electron chi connectivity index (χ0n) is 8.46. The maximum absolute atomic E-state index is 5.77. The molecule has 1 fully saturated rings. The largest absolute Gasteiger partial charge is 0.328 e. The summed E-state index contributed by atoms with van der Waals surface area (Å²) >= 11 is 3.64. The lowest BCUT2D eigenvalue weighted by atomic mass is 10.0. The van der Waals surface area contributed by atoms with Gasteiger partial charge in [0.15, 0.2) is 0 Å². The van der Waals surface area contributed by atoms with Crippen LogP contribution in [0.5, 0.6) is 0 Å². The minimum atomic E-state index is 0.244. The quantitative estimate of drug-likeness (QED) is 0.880. The maximum Gasteiger partial charge on any atom is 0.0212 e. The summed E-state index contributed by atoms with van der Waals surface area (Å²) in [6, 6.07) is 6.92. The highest BCUT2D eigenvalue weighted by Crippen LogP contribution is 2.43. The Balaban J connectivity index is 2.17. The summed E-state index contributed by atoms with van der Waals surface area (Å²) in [5.41, 5.74) is 8.57. The number of hydrogen-bond acceptors (Lipinski definition) is 1. The van der Waals surface area contributed by atoms with Gasteiger partial charge in [-0.1, -0.05) is 28.1 Å². The second kappa shape index (κ2) is 4.03. The lowest BCUT2D eigenvalue weighted by Crippen LogP contribution is -2.17. The summed E-state index contributed by atoms with van der Waals surface area (Å²) in [6.45, 7) is 2.04. The molecule has 0 heterocycles. The van der Waals surface area contributed by atoms with Crippen LogP contribution < -0.4 is 5.73 Å². The van der Waals surface area contributed by atoms with Crippen molar-refractivity contribution in [3.8, 4) is 0 Å². The molecule has 1 aliphatic rings. The number of hydrogen-bond donors (Lipinski definition) is 1. The van der Waals surface area contributed by atoms with Gasteiger partial charge in [0.05, 0.1) is 0 Å². The van der Waals surface area contributed by atoms with Gasteiger partial charge in [0, 0.05) is 10.5 Å². The summed E-state index contributed by atoms with van der Waals surface area (Å²) in [5.74, 6) is 0.814. The highest BCUT2D eigenvalue weighted by molar-refractivity contribution is 9.10. The molecule has 0 radical (unpaired) electrons. The monoisotopic (exact) mass is 253 g/mol. The normalized spacial score (nSPS) is 18.2. The molecule has 0 amide bonds. The van der Waals surface area contributed by atoms with Crippen LogP contribution in [0.15, 0.2) is 22.7 Å². The first-order valence-electron chi connectivity index (χ1n) is 5.20. The Morgan fingerprint density at radius 2 is 2.21 bits per heavy atom. The first-order chi connectivity index (χ1) is 6.66. The van der Waals surface area contributed by atoms with E-state index in [0.717, 1.165) is 12.3 Å². The summed E-state index contributed by atoms with van der Waals surface area (Å²) < 4.78 is 1.26. The first-order valence-corrected chi connectivity index (χ1v) is 6.00. The minimum absolute atomic E-state index is 0.244. The molecule has 1 aromatic carbocycles. The van der Waals surface area contributed by atoms with Gasteiger partial charge in [0.2, 0.25) is 0 Å². The highest BCUT2D eigenvalue weighted by atomic mass is 79.9. The molecule has 14 heavy (non-hydrogen) atoms. The van der Waals surface area contributed by atoms with Gasteiger partial charge < -0.3 is 5.73 Å². The Morgan fingerprint density at radius 3 is 2.71 bits per heavy atom. The van der Waals surface area contributed by atoms with Crippen LogP contribution in [-0.4, -0.2) is 6.04 Å². The highest BCUT2D eigenvalue weighted by Gasteiger charge is 2.25. The number of halogens is 1. The van der Waals surface area contributed by atoms with Crippen molar-refractivity contribution in [2.24, 2.45) is 5.73 Å². The Bertz CT molecular complexity index is 329. The van der Waals surface area contributed by atoms with E-state index in [2.05, 4.69) is 34.1 Å². The molecule has 1 atom stereocenters. The fourth-order valence-corrected chi connectivity index (χ4v) is 2.54. The fraction of sp³-hybridized carbons (Fsp3) is 0.500. The van der Waals surface area contributed by atoms with Gasteiger partial charge in [-0.25, -0.2) is 0 Å². The number of nitrogens with two attached hydrogens (primary N) is 1. The van der Waals surface area contributed by atoms with Crippen molar-refractivity contribution in [2.45, 2.75) is 38.1 Å². The summed E-state index contributed by atoms with van der Waals surface area (Å²) in [7, 11) is 0. The minimum Gasteiger partial charge on any atom is -0.328 e. The Morgan fingerprint density at radius 1 is 1.50 bits per heavy atom. The smallest absolute Gasteiger partial charge is 0.0212 e. The number of rotatable bonds is 3. The molecule has 0 saturated heterocycles. The van der Waals surface area contributed by atoms with Crippen LogP contribution in [0.4, 0.5) is 0 Å². The van der Waals surface area contributed by atoms with Crippen molar-refractivity contribution in [3.05, 3.63) is 33.8 Å². The van der Waals surface area contributed by atoms with Crippen LogP contribution in [0, 0.1) is 0 Å². The lowest BCUT2D eigenvalue weighted by molar-refractivity contribution is 0.737. The van der Waals surface area contributed by atoms with E-state index in [0.29, 0.717) is 0 Å². The molecule has 76 valence electrons. The molecule has 2 heteroatoms. The van der Waals surface area contributed by atoms with Crippen LogP contribution in [0.2, 0.25) is 0 Å². The summed E-state index contributed by atoms with van der Waals surface area (Å²) in [4.78, 5) is 0. The van der Waals surface area contributed by atoms with Crippen LogP contribution in [0.25, 0.3) is 0 Å². The molecule has 2 rings (SSSR count). The van der Waals surface area contributed by atoms with E-state index in [4.69, 9.17) is 5.73 Å². The van der Waals surface area contributed by atoms with Crippen LogP contribution in [-0.2, 0) is 6.42 Å². The molecule has 0 bridgehead atoms. The molecule has 0 aliphatic heterocycles. The zero-order chi connectivity index (χ0) is 10.1. The zero-order valence-corrected chi connectivity index (χ0v) is 10.0. The van der Waals surface area contributed by atoms with Crippen molar-refractivity contribution >= 4 is 15.9 Å². The second-order valence-corrected chi connectivity index (χ2v) is 5.17. The Hall–Kier alpha value is -0.340. The van der Waals surface area contributed by atoms with Gasteiger partial charge in [-0.05, 0) is 49.3 Å². The fourth-order valence-electron chi connectivity index (χ4n) is 1.79. The van der Waals surface area contributed by atoms with Crippen molar-refractivity contribution in [1.82, 2.24) is 0 Å². The third-order valence-corrected chi connectivity index (χ3v) is 3.33. The van der Waals surface area contributed by atoms with E-state index >= 15 is 0 Å². The van der Waals surface area contributed by atoms with Gasteiger partial charge >= 0.3 is 0 Å². The van der Waals surface area contributed by atoms with E-state index in [-0.39, 0.29) is 6.04 Å². The summed E-state index contributed by atoms with van der Waals surface area (Å²) in [5, 5.41) is 0. The predicted molar refractivity (Wildman–Crippen MR) is 63.5 cm³/mol. The van der Waals surface area contributed by atoms with E-state index < -0.39 is 0 Å². The molecule has 1 unspecified atom stereocenters. The van der Waals surface area contributed by atoms with E-state index in [9.17, 15) is 0 Å². The SMILES string of the molecule is CC(N)Cc1ccc(C2CC2)c(Br)c1. The van der Waals surface area contributed by atoms with Crippen LogP contribution in [0.3, 0.4) is 0 Å². The first kappa shape index (κ1) is 10.2. The lowest BCUT2D eigenvalue weighted by Gasteiger charge is -2.08. The summed E-state index contributed by atoms with van der Waals surface area (Å²) in [6.07, 6.45) is 3.67. The molecule has 0 spiro atoms. The molecule has 1 saturated carbocycles. The molecular weight excluding hydrogens is 238 g/mol. The topological polar surface area (TPSA) is 26.0 Å². The van der Waals surface area contributed by atoms with Crippen molar-refractivity contribution in [3.63, 3.8) is 0 Å². The van der Waals surface area contributed by atoms with Gasteiger partial charge in [0.1, 0.15) is 0 Å². The standard InChI is InChI=1S/C12H16BrN/c1-8(14)6-9-2-5-11(10-3-4-10)12(13)7-9/h2,5,7-8,10H,3-4,6,14H2,1H3. The third kappa shape index (κ3) is 2.37. The Kier molecular flexibility index (Phi) is 2.93. The van der Waals surface area contributed by atoms with Crippen molar-refractivity contribution < 1.29 is 0 Å². The maximum atomic E-state index is 5.77. The molecule has 2 N–H and O–H groups in total. The van der Waals surface area contributed by atoms with Gasteiger partial charge in [-0.15, -0.1) is 0 Å². The van der Waals surface area contributed by atoms with E-state index in [1.54, 1.807) is 0 Å². The van der Waals surface area contributed by atoms with Crippen molar-refractivity contribution in [1.29, 1.82) is 0 Å². The van der Waals surface area contributed by atoms with Crippen LogP contribution >= 0.6 is 15.9 Å². The average Bonchev–Trinajstić information content (AvgIpc) is 2.86. The second-order valence-electron chi connectivity index (χ2n) is 4.31. The molecular formula is C12H16BrN. The molecule has 0 aromatic heterocycles. The molecule has 1 aliphatic carbocycles. The van der Waals surface area contributed by atoms with Crippen LogP contribution in [0.1, 0.15) is 36.8 Å². The van der Waals surface area contributed by atoms with Crippen molar-refractivity contribution in [2.75, 3.05) is 0 Å². The average molecular weight is 254 g/mol. The Labute approximate surface area is 93.8 Å².